The van der Waals surface area contributed by atoms with E-state index in [0.29, 0.717) is 23.5 Å². The minimum absolute atomic E-state index is 0.145. The normalized spacial score (nSPS) is 37.0. The average Bonchev–Trinajstić information content (AvgIpc) is 2.93. The van der Waals surface area contributed by atoms with E-state index in [0.717, 1.165) is 32.1 Å². The molecule has 4 rings (SSSR count). The highest BCUT2D eigenvalue weighted by molar-refractivity contribution is 5.40. The van der Waals surface area contributed by atoms with Crippen LogP contribution in [0.25, 0.3) is 0 Å². The Kier molecular flexibility index (Phi) is 3.57. The molecule has 1 aromatic rings. The summed E-state index contributed by atoms with van der Waals surface area (Å²) in [6, 6.07) is 10.4. The van der Waals surface area contributed by atoms with Gasteiger partial charge in [-0.05, 0) is 90.9 Å². The van der Waals surface area contributed by atoms with Gasteiger partial charge in [-0.1, -0.05) is 13.0 Å². The fourth-order valence-electron chi connectivity index (χ4n) is 6.37. The molecule has 0 radical (unpaired) electrons. The zero-order valence-electron chi connectivity index (χ0n) is 14.2. The molecular formula is C21H24N2O. The van der Waals surface area contributed by atoms with Gasteiger partial charge in [0.15, 0.2) is 0 Å². The lowest BCUT2D eigenvalue weighted by Crippen LogP contribution is -2.43. The molecule has 2 saturated carbocycles. The maximum atomic E-state index is 9.76. The van der Waals surface area contributed by atoms with Crippen molar-refractivity contribution < 1.29 is 5.11 Å². The summed E-state index contributed by atoms with van der Waals surface area (Å²) < 4.78 is 0. The lowest BCUT2D eigenvalue weighted by molar-refractivity contribution is 0.0225. The van der Waals surface area contributed by atoms with Gasteiger partial charge in [0.1, 0.15) is 11.7 Å². The van der Waals surface area contributed by atoms with Crippen molar-refractivity contribution >= 4 is 0 Å². The number of hydrogen-bond donors (Lipinski definition) is 1. The summed E-state index contributed by atoms with van der Waals surface area (Å²) >= 11 is 0. The third-order valence-electron chi connectivity index (χ3n) is 7.46. The molecule has 0 amide bonds. The molecule has 0 bridgehead atoms. The minimum atomic E-state index is -0.454. The summed E-state index contributed by atoms with van der Waals surface area (Å²) in [5.74, 6) is 2.05. The Balaban J connectivity index is 1.66. The number of phenols is 1. The molecule has 3 heteroatoms. The Bertz CT molecular complexity index is 729. The number of aryl methyl sites for hydroxylation is 1. The first-order valence-corrected chi connectivity index (χ1v) is 9.19. The van der Waals surface area contributed by atoms with Gasteiger partial charge in [-0.3, -0.25) is 0 Å². The average molecular weight is 320 g/mol. The number of hydrogen-bond acceptors (Lipinski definition) is 3. The first-order chi connectivity index (χ1) is 11.6. The molecular weight excluding hydrogens is 296 g/mol. The molecule has 0 saturated heterocycles. The molecule has 124 valence electrons. The highest BCUT2D eigenvalue weighted by Gasteiger charge is 2.56. The van der Waals surface area contributed by atoms with Gasteiger partial charge in [0.05, 0.1) is 12.1 Å². The molecule has 5 unspecified atom stereocenters. The van der Waals surface area contributed by atoms with E-state index in [2.05, 4.69) is 25.1 Å². The second kappa shape index (κ2) is 5.52. The molecule has 5 atom stereocenters. The van der Waals surface area contributed by atoms with E-state index >= 15 is 0 Å². The predicted molar refractivity (Wildman–Crippen MR) is 90.9 cm³/mol. The second-order valence-electron chi connectivity index (χ2n) is 8.26. The number of fused-ring (bicyclic) bond motifs is 5. The van der Waals surface area contributed by atoms with Crippen molar-refractivity contribution in [2.24, 2.45) is 29.1 Å². The highest BCUT2D eigenvalue weighted by atomic mass is 16.3. The number of phenolic OH excluding ortho intramolecular Hbond substituents is 1. The van der Waals surface area contributed by atoms with Crippen molar-refractivity contribution in [3.8, 4) is 17.9 Å². The first kappa shape index (κ1) is 15.5. The molecule has 3 aliphatic carbocycles. The van der Waals surface area contributed by atoms with Crippen LogP contribution in [0.15, 0.2) is 18.2 Å². The summed E-state index contributed by atoms with van der Waals surface area (Å²) in [5, 5.41) is 28.5. The quantitative estimate of drug-likeness (QED) is 0.826. The molecule has 1 aromatic carbocycles. The third kappa shape index (κ3) is 2.07. The standard InChI is InChI=1S/C21H24N2O/c1-21-9-8-17-16-5-3-15(24)10-13(16)2-4-18(17)20(21)7-6-19(21)14(11-22)12-23/h3,5,10,14,17-20,24H,2,4,6-9H2,1H3. The highest BCUT2D eigenvalue weighted by Crippen LogP contribution is 2.64. The Labute approximate surface area is 143 Å². The topological polar surface area (TPSA) is 67.8 Å². The van der Waals surface area contributed by atoms with Gasteiger partial charge in [-0.25, -0.2) is 0 Å². The van der Waals surface area contributed by atoms with E-state index in [-0.39, 0.29) is 11.3 Å². The fourth-order valence-corrected chi connectivity index (χ4v) is 6.37. The van der Waals surface area contributed by atoms with Gasteiger partial charge in [0.2, 0.25) is 0 Å². The predicted octanol–water partition coefficient (Wildman–Crippen LogP) is 4.53. The zero-order valence-corrected chi connectivity index (χ0v) is 14.2. The van der Waals surface area contributed by atoms with E-state index in [1.165, 1.54) is 17.5 Å². The summed E-state index contributed by atoms with van der Waals surface area (Å²) in [5.41, 5.74) is 2.90. The van der Waals surface area contributed by atoms with E-state index < -0.39 is 5.92 Å². The molecule has 0 aromatic heterocycles. The van der Waals surface area contributed by atoms with Crippen molar-refractivity contribution in [3.05, 3.63) is 29.3 Å². The maximum Gasteiger partial charge on any atom is 0.136 e. The largest absolute Gasteiger partial charge is 0.508 e. The summed E-state index contributed by atoms with van der Waals surface area (Å²) in [6.07, 6.45) is 6.67. The van der Waals surface area contributed by atoms with Crippen LogP contribution in [0.5, 0.6) is 5.75 Å². The SMILES string of the molecule is CC12CCC3c4ccc(O)cc4CCC3C1CCC2C(C#N)C#N. The Morgan fingerprint density at radius 1 is 1.17 bits per heavy atom. The first-order valence-electron chi connectivity index (χ1n) is 9.19. The molecule has 3 nitrogen and oxygen atoms in total. The molecule has 2 fully saturated rings. The molecule has 3 aliphatic rings. The second-order valence-corrected chi connectivity index (χ2v) is 8.26. The van der Waals surface area contributed by atoms with Crippen molar-refractivity contribution in [3.63, 3.8) is 0 Å². The molecule has 1 N–H and O–H groups in total. The van der Waals surface area contributed by atoms with E-state index in [4.69, 9.17) is 0 Å². The van der Waals surface area contributed by atoms with Crippen LogP contribution in [0.1, 0.15) is 56.1 Å². The Morgan fingerprint density at radius 2 is 1.96 bits per heavy atom. The summed E-state index contributed by atoms with van der Waals surface area (Å²) in [6.45, 7) is 2.35. The number of benzene rings is 1. The maximum absolute atomic E-state index is 9.76. The number of rotatable bonds is 1. The van der Waals surface area contributed by atoms with E-state index in [1.54, 1.807) is 0 Å². The van der Waals surface area contributed by atoms with Gasteiger partial charge in [0, 0.05) is 0 Å². The lowest BCUT2D eigenvalue weighted by Gasteiger charge is -2.51. The van der Waals surface area contributed by atoms with Crippen molar-refractivity contribution in [1.82, 2.24) is 0 Å². The van der Waals surface area contributed by atoms with Gasteiger partial charge >= 0.3 is 0 Å². The van der Waals surface area contributed by atoms with E-state index in [9.17, 15) is 15.6 Å². The summed E-state index contributed by atoms with van der Waals surface area (Å²) in [4.78, 5) is 0. The fraction of sp³-hybridized carbons (Fsp3) is 0.619. The van der Waals surface area contributed by atoms with Crippen molar-refractivity contribution in [2.75, 3.05) is 0 Å². The smallest absolute Gasteiger partial charge is 0.136 e. The molecule has 0 spiro atoms. The van der Waals surface area contributed by atoms with Gasteiger partial charge in [-0.2, -0.15) is 10.5 Å². The van der Waals surface area contributed by atoms with E-state index in [1.807, 2.05) is 12.1 Å². The van der Waals surface area contributed by atoms with Gasteiger partial charge < -0.3 is 5.11 Å². The zero-order chi connectivity index (χ0) is 16.9. The number of aromatic hydroxyl groups is 1. The van der Waals surface area contributed by atoms with Crippen LogP contribution in [0.2, 0.25) is 0 Å². The van der Waals surface area contributed by atoms with Crippen LogP contribution in [-0.2, 0) is 6.42 Å². The third-order valence-corrected chi connectivity index (χ3v) is 7.46. The van der Waals surface area contributed by atoms with Crippen LogP contribution in [0.4, 0.5) is 0 Å². The molecule has 24 heavy (non-hydrogen) atoms. The van der Waals surface area contributed by atoms with Crippen LogP contribution in [-0.4, -0.2) is 5.11 Å². The van der Waals surface area contributed by atoms with Crippen LogP contribution in [0.3, 0.4) is 0 Å². The molecule has 0 aliphatic heterocycles. The molecule has 0 heterocycles. The van der Waals surface area contributed by atoms with Crippen LogP contribution >= 0.6 is 0 Å². The number of nitriles is 2. The van der Waals surface area contributed by atoms with Crippen molar-refractivity contribution in [2.45, 2.75) is 51.4 Å². The minimum Gasteiger partial charge on any atom is -0.508 e. The Hall–Kier alpha value is -2.00. The monoisotopic (exact) mass is 320 g/mol. The van der Waals surface area contributed by atoms with Crippen LogP contribution < -0.4 is 0 Å². The summed E-state index contributed by atoms with van der Waals surface area (Å²) in [7, 11) is 0. The van der Waals surface area contributed by atoms with Crippen LogP contribution in [0, 0.1) is 51.7 Å². The van der Waals surface area contributed by atoms with Crippen molar-refractivity contribution in [1.29, 1.82) is 10.5 Å². The number of nitrogens with zero attached hydrogens (tertiary/aromatic N) is 2. The van der Waals surface area contributed by atoms with Gasteiger partial charge in [-0.15, -0.1) is 0 Å². The lowest BCUT2D eigenvalue weighted by atomic mass is 9.53. The Morgan fingerprint density at radius 3 is 2.71 bits per heavy atom. The van der Waals surface area contributed by atoms with Gasteiger partial charge in [0.25, 0.3) is 0 Å².